The molecule has 0 spiro atoms. The molecule has 5 heteroatoms. The summed E-state index contributed by atoms with van der Waals surface area (Å²) in [6, 6.07) is 1.54. The van der Waals surface area contributed by atoms with Crippen molar-refractivity contribution in [3.63, 3.8) is 0 Å². The van der Waals surface area contributed by atoms with Crippen molar-refractivity contribution in [3.05, 3.63) is 29.5 Å². The van der Waals surface area contributed by atoms with Crippen LogP contribution in [0.25, 0.3) is 0 Å². The smallest absolute Gasteiger partial charge is 0.306 e. The highest BCUT2D eigenvalue weighted by molar-refractivity contribution is 5.69. The van der Waals surface area contributed by atoms with Crippen molar-refractivity contribution in [2.45, 2.75) is 32.8 Å². The second-order valence-electron chi connectivity index (χ2n) is 3.40. The lowest BCUT2D eigenvalue weighted by molar-refractivity contribution is -0.617. The minimum absolute atomic E-state index is 0.124. The van der Waals surface area contributed by atoms with Crippen molar-refractivity contribution in [3.8, 4) is 0 Å². The van der Waals surface area contributed by atoms with Crippen LogP contribution in [0.15, 0.2) is 18.5 Å². The van der Waals surface area contributed by atoms with Crippen LogP contribution >= 0.6 is 0 Å². The van der Waals surface area contributed by atoms with Gasteiger partial charge in [-0.05, 0) is 13.8 Å². The third-order valence-electron chi connectivity index (χ3n) is 1.71. The highest BCUT2D eigenvalue weighted by Crippen LogP contribution is 1.97. The molecule has 15 heavy (non-hydrogen) atoms. The number of aryl methyl sites for hydroxylation is 1. The van der Waals surface area contributed by atoms with Gasteiger partial charge in [-0.15, -0.1) is 0 Å². The molecule has 0 unspecified atom stereocenters. The summed E-state index contributed by atoms with van der Waals surface area (Å²) >= 11 is 0. The average molecular weight is 210 g/mol. The maximum Gasteiger partial charge on any atom is 0.306 e. The van der Waals surface area contributed by atoms with E-state index in [1.54, 1.807) is 19.9 Å². The monoisotopic (exact) mass is 210 g/mol. The normalized spacial score (nSPS) is 10.3. The van der Waals surface area contributed by atoms with Crippen molar-refractivity contribution < 1.29 is 14.3 Å². The Morgan fingerprint density at radius 2 is 2.40 bits per heavy atom. The van der Waals surface area contributed by atoms with E-state index in [4.69, 9.17) is 4.74 Å². The maximum absolute atomic E-state index is 11.2. The molecule has 0 saturated heterocycles. The van der Waals surface area contributed by atoms with Gasteiger partial charge in [-0.25, -0.2) is 4.73 Å². The van der Waals surface area contributed by atoms with Crippen LogP contribution in [0.5, 0.6) is 0 Å². The Labute approximate surface area is 88.3 Å². The Morgan fingerprint density at radius 3 is 3.00 bits per heavy atom. The van der Waals surface area contributed by atoms with Gasteiger partial charge in [0.25, 0.3) is 0 Å². The van der Waals surface area contributed by atoms with Gasteiger partial charge in [0.1, 0.15) is 6.20 Å². The Morgan fingerprint density at radius 1 is 1.67 bits per heavy atom. The molecule has 1 heterocycles. The van der Waals surface area contributed by atoms with Gasteiger partial charge in [-0.1, -0.05) is 4.98 Å². The molecule has 0 atom stereocenters. The van der Waals surface area contributed by atoms with Crippen LogP contribution in [0.1, 0.15) is 26.1 Å². The predicted molar refractivity (Wildman–Crippen MR) is 52.7 cm³/mol. The number of carbonyl (C=O) groups is 1. The molecule has 0 fully saturated rings. The second kappa shape index (κ2) is 5.29. The molecule has 82 valence electrons. The second-order valence-corrected chi connectivity index (χ2v) is 3.40. The van der Waals surface area contributed by atoms with E-state index in [0.29, 0.717) is 17.0 Å². The molecule has 1 aromatic heterocycles. The SMILES string of the molecule is CC(C)OC(=O)CCc1nccc[n+]1[O-]. The van der Waals surface area contributed by atoms with E-state index in [-0.39, 0.29) is 18.5 Å². The van der Waals surface area contributed by atoms with Crippen LogP contribution in [-0.4, -0.2) is 17.1 Å². The summed E-state index contributed by atoms with van der Waals surface area (Å²) in [6.45, 7) is 3.57. The van der Waals surface area contributed by atoms with Crippen molar-refractivity contribution in [1.82, 2.24) is 4.98 Å². The van der Waals surface area contributed by atoms with Crippen LogP contribution in [0, 0.1) is 5.21 Å². The molecule has 0 saturated carbocycles. The molecule has 0 amide bonds. The van der Waals surface area contributed by atoms with Gasteiger partial charge in [0.2, 0.25) is 0 Å². The molecule has 0 aromatic carbocycles. The molecule has 0 aliphatic carbocycles. The molecule has 1 rings (SSSR count). The summed E-state index contributed by atoms with van der Waals surface area (Å²) in [4.78, 5) is 15.0. The van der Waals surface area contributed by atoms with Gasteiger partial charge in [0, 0.05) is 6.07 Å². The molecular weight excluding hydrogens is 196 g/mol. The molecule has 5 nitrogen and oxygen atoms in total. The fourth-order valence-corrected chi connectivity index (χ4v) is 1.10. The van der Waals surface area contributed by atoms with Crippen LogP contribution in [0.3, 0.4) is 0 Å². The lowest BCUT2D eigenvalue weighted by Crippen LogP contribution is -2.32. The lowest BCUT2D eigenvalue weighted by Gasteiger charge is -2.07. The van der Waals surface area contributed by atoms with Crippen molar-refractivity contribution in [2.75, 3.05) is 0 Å². The first-order valence-corrected chi connectivity index (χ1v) is 4.82. The minimum atomic E-state index is -0.310. The first kappa shape index (κ1) is 11.4. The zero-order valence-corrected chi connectivity index (χ0v) is 8.84. The van der Waals surface area contributed by atoms with Crippen LogP contribution in [0.2, 0.25) is 0 Å². The number of carbonyl (C=O) groups excluding carboxylic acids is 1. The van der Waals surface area contributed by atoms with Gasteiger partial charge >= 0.3 is 11.8 Å². The summed E-state index contributed by atoms with van der Waals surface area (Å²) < 4.78 is 5.59. The Bertz CT molecular complexity index is 339. The predicted octanol–water partition coefficient (Wildman–Crippen LogP) is 0.599. The zero-order chi connectivity index (χ0) is 11.3. The summed E-state index contributed by atoms with van der Waals surface area (Å²) in [5, 5.41) is 11.2. The number of ether oxygens (including phenoxy) is 1. The van der Waals surface area contributed by atoms with E-state index < -0.39 is 0 Å². The Kier molecular flexibility index (Phi) is 4.03. The van der Waals surface area contributed by atoms with E-state index in [0.717, 1.165) is 0 Å². The maximum atomic E-state index is 11.2. The fraction of sp³-hybridized carbons (Fsp3) is 0.500. The highest BCUT2D eigenvalue weighted by Gasteiger charge is 2.11. The average Bonchev–Trinajstić information content (AvgIpc) is 2.15. The Balaban J connectivity index is 2.44. The largest absolute Gasteiger partial charge is 0.711 e. The van der Waals surface area contributed by atoms with Gasteiger partial charge in [-0.2, -0.15) is 0 Å². The number of hydrogen-bond acceptors (Lipinski definition) is 4. The first-order valence-electron chi connectivity index (χ1n) is 4.82. The van der Waals surface area contributed by atoms with E-state index in [9.17, 15) is 10.0 Å². The number of hydrogen-bond donors (Lipinski definition) is 0. The Hall–Kier alpha value is -1.65. The molecular formula is C10H14N2O3. The summed E-state index contributed by atoms with van der Waals surface area (Å²) in [5.41, 5.74) is 0. The molecule has 0 aliphatic rings. The summed E-state index contributed by atoms with van der Waals surface area (Å²) in [6.07, 6.45) is 3.24. The number of esters is 1. The third kappa shape index (κ3) is 3.93. The number of rotatable bonds is 4. The third-order valence-corrected chi connectivity index (χ3v) is 1.71. The topological polar surface area (TPSA) is 66.1 Å². The van der Waals surface area contributed by atoms with Gasteiger partial charge < -0.3 is 9.94 Å². The van der Waals surface area contributed by atoms with Crippen LogP contribution in [-0.2, 0) is 16.0 Å². The lowest BCUT2D eigenvalue weighted by atomic mass is 10.3. The first-order chi connectivity index (χ1) is 7.09. The van der Waals surface area contributed by atoms with E-state index >= 15 is 0 Å². The highest BCUT2D eigenvalue weighted by atomic mass is 16.5. The van der Waals surface area contributed by atoms with E-state index in [2.05, 4.69) is 4.98 Å². The zero-order valence-electron chi connectivity index (χ0n) is 8.84. The standard InChI is InChI=1S/C10H14N2O3/c1-8(2)15-10(13)5-4-9-11-6-3-7-12(9)14/h3,6-8H,4-5H2,1-2H3. The number of aromatic nitrogens is 2. The van der Waals surface area contributed by atoms with Crippen molar-refractivity contribution >= 4 is 5.97 Å². The molecule has 0 bridgehead atoms. The van der Waals surface area contributed by atoms with Crippen LogP contribution in [0.4, 0.5) is 0 Å². The molecule has 1 aromatic rings. The fourth-order valence-electron chi connectivity index (χ4n) is 1.10. The molecule has 0 radical (unpaired) electrons. The molecule has 0 N–H and O–H groups in total. The van der Waals surface area contributed by atoms with Gasteiger partial charge in [0.15, 0.2) is 0 Å². The summed E-state index contributed by atoms with van der Waals surface area (Å²) in [5.74, 6) is 0.0221. The van der Waals surface area contributed by atoms with E-state index in [1.165, 1.54) is 12.4 Å². The van der Waals surface area contributed by atoms with Crippen molar-refractivity contribution in [2.24, 2.45) is 0 Å². The van der Waals surface area contributed by atoms with Crippen molar-refractivity contribution in [1.29, 1.82) is 0 Å². The quantitative estimate of drug-likeness (QED) is 0.414. The number of nitrogens with zero attached hydrogens (tertiary/aromatic N) is 2. The minimum Gasteiger partial charge on any atom is -0.711 e. The van der Waals surface area contributed by atoms with E-state index in [1.807, 2.05) is 0 Å². The summed E-state index contributed by atoms with van der Waals surface area (Å²) in [7, 11) is 0. The van der Waals surface area contributed by atoms with Gasteiger partial charge in [0.05, 0.1) is 25.1 Å². The van der Waals surface area contributed by atoms with Crippen LogP contribution < -0.4 is 4.73 Å². The van der Waals surface area contributed by atoms with Gasteiger partial charge in [-0.3, -0.25) is 4.79 Å². The molecule has 0 aliphatic heterocycles.